The summed E-state index contributed by atoms with van der Waals surface area (Å²) in [4.78, 5) is 3.49. The molecule has 5 nitrogen and oxygen atoms in total. The van der Waals surface area contributed by atoms with Gasteiger partial charge in [-0.1, -0.05) is 30.3 Å². The molecule has 1 aliphatic rings. The van der Waals surface area contributed by atoms with Crippen molar-refractivity contribution in [3.05, 3.63) is 53.0 Å². The zero-order valence-electron chi connectivity index (χ0n) is 11.1. The molecular weight excluding hydrogens is 252 g/mol. The Labute approximate surface area is 117 Å². The van der Waals surface area contributed by atoms with E-state index in [0.29, 0.717) is 36.5 Å². The molecule has 0 aliphatic heterocycles. The average Bonchev–Trinajstić information content (AvgIpc) is 3.26. The Hall–Kier alpha value is -2.32. The molecule has 2 N–H and O–H groups in total. The van der Waals surface area contributed by atoms with Crippen LogP contribution in [0.1, 0.15) is 30.1 Å². The first-order valence-electron chi connectivity index (χ1n) is 6.65. The van der Waals surface area contributed by atoms with Crippen molar-refractivity contribution in [2.75, 3.05) is 5.73 Å². The molecule has 0 unspecified atom stereocenters. The van der Waals surface area contributed by atoms with Gasteiger partial charge in [-0.3, -0.25) is 4.68 Å². The molecule has 5 heteroatoms. The van der Waals surface area contributed by atoms with Crippen molar-refractivity contribution in [3.63, 3.8) is 0 Å². The van der Waals surface area contributed by atoms with Crippen LogP contribution in [0.4, 0.5) is 11.5 Å². The molecule has 20 heavy (non-hydrogen) atoms. The number of ether oxygens (including phenoxy) is 1. The molecule has 0 amide bonds. The Morgan fingerprint density at radius 3 is 2.70 bits per heavy atom. The summed E-state index contributed by atoms with van der Waals surface area (Å²) in [6.07, 6.45) is 2.18. The van der Waals surface area contributed by atoms with Crippen LogP contribution in [0.15, 0.2) is 30.3 Å². The monoisotopic (exact) mass is 268 g/mol. The lowest BCUT2D eigenvalue weighted by atomic mass is 10.2. The standard InChI is InChI=1S/C15H16N4O/c1-17-14-13(18-19(15(14)16)12-7-8-12)10-20-9-11-5-3-2-4-6-11/h2-6,12H,7-10,16H2. The second kappa shape index (κ2) is 5.35. The first kappa shape index (κ1) is 12.7. The molecule has 1 aromatic heterocycles. The van der Waals surface area contributed by atoms with Crippen molar-refractivity contribution >= 4 is 11.5 Å². The first-order chi connectivity index (χ1) is 9.79. The number of benzene rings is 1. The third-order valence-corrected chi connectivity index (χ3v) is 3.35. The fraction of sp³-hybridized carbons (Fsp3) is 0.333. The highest BCUT2D eigenvalue weighted by molar-refractivity contribution is 5.66. The van der Waals surface area contributed by atoms with Crippen LogP contribution < -0.4 is 5.73 Å². The van der Waals surface area contributed by atoms with Gasteiger partial charge in [0.1, 0.15) is 5.82 Å². The average molecular weight is 268 g/mol. The van der Waals surface area contributed by atoms with E-state index >= 15 is 0 Å². The smallest absolute Gasteiger partial charge is 0.252 e. The van der Waals surface area contributed by atoms with Gasteiger partial charge in [-0.2, -0.15) is 5.10 Å². The van der Waals surface area contributed by atoms with Gasteiger partial charge < -0.3 is 10.5 Å². The van der Waals surface area contributed by atoms with Crippen molar-refractivity contribution in [3.8, 4) is 0 Å². The Morgan fingerprint density at radius 2 is 2.05 bits per heavy atom. The molecule has 0 atom stereocenters. The summed E-state index contributed by atoms with van der Waals surface area (Å²) in [5.41, 5.74) is 8.15. The summed E-state index contributed by atoms with van der Waals surface area (Å²) in [7, 11) is 0. The second-order valence-corrected chi connectivity index (χ2v) is 4.95. The van der Waals surface area contributed by atoms with Gasteiger partial charge >= 0.3 is 0 Å². The van der Waals surface area contributed by atoms with Crippen LogP contribution >= 0.6 is 0 Å². The summed E-state index contributed by atoms with van der Waals surface area (Å²) >= 11 is 0. The first-order valence-corrected chi connectivity index (χ1v) is 6.65. The van der Waals surface area contributed by atoms with E-state index in [1.807, 2.05) is 30.3 Å². The number of aromatic nitrogens is 2. The zero-order chi connectivity index (χ0) is 13.9. The van der Waals surface area contributed by atoms with Gasteiger partial charge in [0.25, 0.3) is 5.69 Å². The lowest BCUT2D eigenvalue weighted by Crippen LogP contribution is -2.02. The van der Waals surface area contributed by atoms with Crippen molar-refractivity contribution < 1.29 is 4.74 Å². The summed E-state index contributed by atoms with van der Waals surface area (Å²) < 4.78 is 7.41. The van der Waals surface area contributed by atoms with E-state index < -0.39 is 0 Å². The lowest BCUT2D eigenvalue weighted by molar-refractivity contribution is 0.104. The van der Waals surface area contributed by atoms with E-state index in [0.717, 1.165) is 18.4 Å². The Morgan fingerprint density at radius 1 is 1.30 bits per heavy atom. The third kappa shape index (κ3) is 2.51. The van der Waals surface area contributed by atoms with E-state index in [-0.39, 0.29) is 0 Å². The highest BCUT2D eigenvalue weighted by atomic mass is 16.5. The van der Waals surface area contributed by atoms with Gasteiger partial charge in [0.2, 0.25) is 0 Å². The molecule has 0 saturated heterocycles. The van der Waals surface area contributed by atoms with Crippen molar-refractivity contribution in [2.24, 2.45) is 0 Å². The van der Waals surface area contributed by atoms with E-state index in [1.54, 1.807) is 4.68 Å². The number of anilines is 1. The van der Waals surface area contributed by atoms with Crippen LogP contribution in [-0.4, -0.2) is 9.78 Å². The zero-order valence-corrected chi connectivity index (χ0v) is 11.1. The Bertz CT molecular complexity index is 638. The molecular formula is C15H16N4O. The molecule has 0 radical (unpaired) electrons. The van der Waals surface area contributed by atoms with Crippen LogP contribution in [0.3, 0.4) is 0 Å². The highest BCUT2D eigenvalue weighted by Crippen LogP contribution is 2.40. The lowest BCUT2D eigenvalue weighted by Gasteiger charge is -2.02. The Balaban J connectivity index is 1.68. The molecule has 102 valence electrons. The van der Waals surface area contributed by atoms with Crippen molar-refractivity contribution in [1.82, 2.24) is 9.78 Å². The SMILES string of the molecule is [C-]#[N+]c1c(COCc2ccccc2)nn(C2CC2)c1N. The second-order valence-electron chi connectivity index (χ2n) is 4.95. The van der Waals surface area contributed by atoms with Gasteiger partial charge in [0.05, 0.1) is 31.5 Å². The van der Waals surface area contributed by atoms with Crippen LogP contribution in [0.5, 0.6) is 0 Å². The van der Waals surface area contributed by atoms with Gasteiger partial charge in [0, 0.05) is 0 Å². The normalized spacial score (nSPS) is 14.2. The molecule has 1 aromatic carbocycles. The predicted molar refractivity (Wildman–Crippen MR) is 76.1 cm³/mol. The fourth-order valence-electron chi connectivity index (χ4n) is 2.14. The van der Waals surface area contributed by atoms with E-state index in [1.165, 1.54) is 0 Å². The minimum absolute atomic E-state index is 0.316. The number of nitrogen functional groups attached to an aromatic ring is 1. The van der Waals surface area contributed by atoms with Gasteiger partial charge in [-0.15, -0.1) is 0 Å². The van der Waals surface area contributed by atoms with Crippen LogP contribution in [0.2, 0.25) is 0 Å². The van der Waals surface area contributed by atoms with Crippen molar-refractivity contribution in [1.29, 1.82) is 0 Å². The fourth-order valence-corrected chi connectivity index (χ4v) is 2.14. The number of nitrogens with zero attached hydrogens (tertiary/aromatic N) is 3. The highest BCUT2D eigenvalue weighted by Gasteiger charge is 2.29. The Kier molecular flexibility index (Phi) is 3.40. The van der Waals surface area contributed by atoms with Gasteiger partial charge in [0.15, 0.2) is 0 Å². The van der Waals surface area contributed by atoms with E-state index in [9.17, 15) is 0 Å². The van der Waals surface area contributed by atoms with Crippen LogP contribution in [-0.2, 0) is 18.0 Å². The molecule has 3 rings (SSSR count). The number of rotatable bonds is 5. The largest absolute Gasteiger partial charge is 0.393 e. The summed E-state index contributed by atoms with van der Waals surface area (Å²) in [6.45, 7) is 8.06. The maximum absolute atomic E-state index is 7.24. The minimum atomic E-state index is 0.316. The number of hydrogen-bond donors (Lipinski definition) is 1. The molecule has 0 spiro atoms. The maximum Gasteiger partial charge on any atom is 0.252 e. The number of hydrogen-bond acceptors (Lipinski definition) is 3. The molecule has 0 bridgehead atoms. The van der Waals surface area contributed by atoms with Crippen LogP contribution in [0, 0.1) is 6.57 Å². The maximum atomic E-state index is 7.24. The quantitative estimate of drug-likeness (QED) is 0.848. The topological polar surface area (TPSA) is 57.4 Å². The molecule has 2 aromatic rings. The summed E-state index contributed by atoms with van der Waals surface area (Å²) in [6, 6.07) is 10.3. The molecule has 1 saturated carbocycles. The van der Waals surface area contributed by atoms with Gasteiger partial charge in [-0.05, 0) is 18.4 Å². The third-order valence-electron chi connectivity index (χ3n) is 3.35. The summed E-state index contributed by atoms with van der Waals surface area (Å²) in [5, 5.41) is 4.43. The molecule has 1 heterocycles. The van der Waals surface area contributed by atoms with Gasteiger partial charge in [-0.25, -0.2) is 4.85 Å². The summed E-state index contributed by atoms with van der Waals surface area (Å²) in [5.74, 6) is 0.473. The van der Waals surface area contributed by atoms with Crippen molar-refractivity contribution in [2.45, 2.75) is 32.1 Å². The molecule has 1 fully saturated rings. The minimum Gasteiger partial charge on any atom is -0.393 e. The van der Waals surface area contributed by atoms with E-state index in [4.69, 9.17) is 17.0 Å². The molecule has 1 aliphatic carbocycles. The number of nitrogens with two attached hydrogens (primary N) is 1. The van der Waals surface area contributed by atoms with E-state index in [2.05, 4.69) is 9.94 Å². The van der Waals surface area contributed by atoms with Crippen LogP contribution in [0.25, 0.3) is 4.85 Å². The predicted octanol–water partition coefficient (Wildman–Crippen LogP) is 3.07.